The second-order valence-corrected chi connectivity index (χ2v) is 17.3. The predicted octanol–water partition coefficient (Wildman–Crippen LogP) is 11.9. The van der Waals surface area contributed by atoms with E-state index in [1.165, 1.54) is 22.3 Å². The summed E-state index contributed by atoms with van der Waals surface area (Å²) in [7, 11) is 0. The molecule has 4 saturated heterocycles. The van der Waals surface area contributed by atoms with Gasteiger partial charge in [0.05, 0.1) is 48.2 Å². The van der Waals surface area contributed by atoms with Gasteiger partial charge in [-0.25, -0.2) is 9.97 Å². The maximum absolute atomic E-state index is 8.19. The van der Waals surface area contributed by atoms with Gasteiger partial charge in [0.1, 0.15) is 24.4 Å². The third kappa shape index (κ3) is 7.58. The SMILES string of the molecule is CCC1OC1c1ccc(-c2c3nc(c(-c4ccc(C5CO5)cc4)c4ccc([n-]4)c(-c4ccc(C5OC5C)cc4)c4nc(c(-c5ccc(C6CO6)cc5)c5ccc2[n-]5)C=C4)C=C3)cc1.[O]=[V+2]. The van der Waals surface area contributed by atoms with Crippen LogP contribution in [0.25, 0.3) is 90.9 Å². The zero-order valence-electron chi connectivity index (χ0n) is 35.7. The molecule has 6 aliphatic heterocycles. The Labute approximate surface area is 385 Å². The molecule has 8 bridgehead atoms. The molecule has 9 heterocycles. The van der Waals surface area contributed by atoms with Gasteiger partial charge in [-0.2, -0.15) is 0 Å². The van der Waals surface area contributed by atoms with Crippen molar-refractivity contribution in [3.05, 3.63) is 166 Å². The van der Waals surface area contributed by atoms with E-state index in [9.17, 15) is 0 Å². The van der Waals surface area contributed by atoms with Crippen molar-refractivity contribution in [2.24, 2.45) is 0 Å². The van der Waals surface area contributed by atoms with E-state index in [4.69, 9.17) is 42.6 Å². The molecule has 6 unspecified atom stereocenters. The number of hydrogen-bond acceptors (Lipinski definition) is 7. The summed E-state index contributed by atoms with van der Waals surface area (Å²) in [5.74, 6) is 0. The van der Waals surface area contributed by atoms with E-state index in [2.05, 4.69) is 159 Å². The second kappa shape index (κ2) is 16.3. The third-order valence-corrected chi connectivity index (χ3v) is 13.2. The summed E-state index contributed by atoms with van der Waals surface area (Å²) in [5.41, 5.74) is 19.3. The Morgan fingerprint density at radius 2 is 0.785 bits per heavy atom. The van der Waals surface area contributed by atoms with Crippen molar-refractivity contribution < 1.29 is 40.0 Å². The van der Waals surface area contributed by atoms with E-state index >= 15 is 0 Å². The fraction of sp³-hybridized carbons (Fsp3) is 0.200. The van der Waals surface area contributed by atoms with Crippen molar-refractivity contribution in [2.75, 3.05) is 13.2 Å². The normalized spacial score (nSPS) is 22.0. The topological polar surface area (TPSA) is 121 Å². The van der Waals surface area contributed by atoms with Crippen molar-refractivity contribution in [1.82, 2.24) is 19.9 Å². The van der Waals surface area contributed by atoms with E-state index in [1.54, 1.807) is 0 Å². The van der Waals surface area contributed by atoms with Crippen LogP contribution in [0.5, 0.6) is 0 Å². The van der Waals surface area contributed by atoms with Crippen molar-refractivity contribution in [3.8, 4) is 44.5 Å². The molecule has 6 aliphatic rings. The van der Waals surface area contributed by atoms with Gasteiger partial charge in [-0.3, -0.25) is 0 Å². The monoisotopic (exact) mass is 889 g/mol. The number of benzene rings is 4. The Hall–Kier alpha value is -6.30. The molecule has 317 valence electrons. The van der Waals surface area contributed by atoms with Crippen LogP contribution in [0.3, 0.4) is 0 Å². The van der Waals surface area contributed by atoms with Gasteiger partial charge in [0.25, 0.3) is 0 Å². The van der Waals surface area contributed by atoms with Gasteiger partial charge in [-0.1, -0.05) is 128 Å². The van der Waals surface area contributed by atoms with Gasteiger partial charge in [-0.05, 0) is 104 Å². The molecule has 0 radical (unpaired) electrons. The minimum absolute atomic E-state index is 0.130. The van der Waals surface area contributed by atoms with Crippen molar-refractivity contribution in [2.45, 2.75) is 56.9 Å². The van der Waals surface area contributed by atoms with Crippen LogP contribution in [0, 0.1) is 0 Å². The zero-order valence-corrected chi connectivity index (χ0v) is 37.1. The molecule has 0 saturated carbocycles. The van der Waals surface area contributed by atoms with E-state index in [-0.39, 0.29) is 36.6 Å². The maximum atomic E-state index is 8.19. The van der Waals surface area contributed by atoms with E-state index in [1.807, 2.05) is 0 Å². The first-order valence-corrected chi connectivity index (χ1v) is 22.8. The number of hydrogen-bond donors (Lipinski definition) is 0. The first kappa shape index (κ1) is 40.2. The molecule has 0 spiro atoms. The van der Waals surface area contributed by atoms with Crippen LogP contribution >= 0.6 is 0 Å². The Balaban J connectivity index is 0.00000219. The average molecular weight is 890 g/mol. The van der Waals surface area contributed by atoms with Gasteiger partial charge in [0.2, 0.25) is 0 Å². The summed E-state index contributed by atoms with van der Waals surface area (Å²) in [6.45, 7) is 5.80. The summed E-state index contributed by atoms with van der Waals surface area (Å²) in [5, 5.41) is 0. The Bertz CT molecular complexity index is 3170. The van der Waals surface area contributed by atoms with Crippen molar-refractivity contribution >= 4 is 46.4 Å². The van der Waals surface area contributed by atoms with Gasteiger partial charge in [-0.15, -0.1) is 22.1 Å². The summed E-state index contributed by atoms with van der Waals surface area (Å²) in [4.78, 5) is 21.9. The molecule has 0 N–H and O–H groups in total. The fourth-order valence-electron chi connectivity index (χ4n) is 9.44. The average Bonchev–Trinajstić information content (AvgIpc) is 4.31. The Morgan fingerprint density at radius 1 is 0.477 bits per heavy atom. The van der Waals surface area contributed by atoms with Gasteiger partial charge >= 0.3 is 21.0 Å². The number of rotatable bonds is 9. The zero-order chi connectivity index (χ0) is 43.8. The molecule has 10 heteroatoms. The summed E-state index contributed by atoms with van der Waals surface area (Å²) in [6.07, 6.45) is 10.6. The number of aromatic nitrogens is 4. The third-order valence-electron chi connectivity index (χ3n) is 13.2. The van der Waals surface area contributed by atoms with Crippen LogP contribution in [0.2, 0.25) is 0 Å². The standard InChI is InChI=1S/C55H42N4O4.O.V/c1-3-47-55(63-47)38-18-14-36(15-19-38)53-45-26-22-41(58-45)50(33-8-4-31(5-9-33)48-28-60-48)39-20-24-43(56-39)52(35-12-16-37(17-13-35)54-30(2)62-54)44-25-21-40(57-44)51(42-23-27-46(53)59-42)34-10-6-32(7-11-34)49-29-61-49;;/h4-27,30,47-49,54-55H,3,28-29H2,1-2H3;;/q-2;;+2. The number of epoxide rings is 4. The summed E-state index contributed by atoms with van der Waals surface area (Å²) < 4.78 is 31.3. The number of ether oxygens (including phenoxy) is 4. The van der Waals surface area contributed by atoms with Crippen molar-refractivity contribution in [1.29, 1.82) is 0 Å². The molecule has 0 aliphatic carbocycles. The molecular weight excluding hydrogens is 848 g/mol. The van der Waals surface area contributed by atoms with Crippen LogP contribution < -0.4 is 9.97 Å². The Morgan fingerprint density at radius 3 is 1.06 bits per heavy atom. The van der Waals surface area contributed by atoms with Gasteiger partial charge in [0, 0.05) is 0 Å². The van der Waals surface area contributed by atoms with Gasteiger partial charge in [0.15, 0.2) is 0 Å². The van der Waals surface area contributed by atoms with E-state index in [0.717, 1.165) is 126 Å². The van der Waals surface area contributed by atoms with E-state index in [0.29, 0.717) is 0 Å². The van der Waals surface area contributed by atoms with Gasteiger partial charge < -0.3 is 28.9 Å². The van der Waals surface area contributed by atoms with Crippen LogP contribution in [0.15, 0.2) is 121 Å². The van der Waals surface area contributed by atoms with Crippen LogP contribution in [0.1, 0.15) is 89.7 Å². The molecule has 65 heavy (non-hydrogen) atoms. The number of nitrogens with zero attached hydrogens (tertiary/aromatic N) is 4. The molecule has 4 aromatic carbocycles. The van der Waals surface area contributed by atoms with Crippen molar-refractivity contribution in [3.63, 3.8) is 0 Å². The number of fused-ring (bicyclic) bond motifs is 8. The molecular formula is C55H42N4O5V. The quantitative estimate of drug-likeness (QED) is 0.130. The molecule has 0 amide bonds. The molecule has 13 rings (SSSR count). The van der Waals surface area contributed by atoms with Crippen LogP contribution in [-0.2, 0) is 40.0 Å². The fourth-order valence-corrected chi connectivity index (χ4v) is 9.44. The molecule has 9 nitrogen and oxygen atoms in total. The molecule has 4 fully saturated rings. The first-order chi connectivity index (χ1) is 32.0. The summed E-state index contributed by atoms with van der Waals surface area (Å²) >= 11 is 1.06. The summed E-state index contributed by atoms with van der Waals surface area (Å²) in [6, 6.07) is 43.2. The molecule has 7 aromatic rings. The van der Waals surface area contributed by atoms with Crippen LogP contribution in [-0.4, -0.2) is 35.4 Å². The molecule has 6 atom stereocenters. The Kier molecular flexibility index (Phi) is 10.1. The van der Waals surface area contributed by atoms with E-state index < -0.39 is 0 Å². The van der Waals surface area contributed by atoms with Crippen LogP contribution in [0.4, 0.5) is 0 Å². The predicted molar refractivity (Wildman–Crippen MR) is 248 cm³/mol. The second-order valence-electron chi connectivity index (χ2n) is 17.3. The molecule has 3 aromatic heterocycles. The minimum atomic E-state index is 0.130. The first-order valence-electron chi connectivity index (χ1n) is 22.2.